The number of amides is 2. The van der Waals surface area contributed by atoms with Crippen molar-refractivity contribution < 1.29 is 9.59 Å². The predicted molar refractivity (Wildman–Crippen MR) is 101 cm³/mol. The number of aromatic nitrogens is 6. The van der Waals surface area contributed by atoms with Crippen molar-refractivity contribution in [3.63, 3.8) is 0 Å². The summed E-state index contributed by atoms with van der Waals surface area (Å²) in [6, 6.07) is 0. The first-order valence-electron chi connectivity index (χ1n) is 8.18. The summed E-state index contributed by atoms with van der Waals surface area (Å²) in [6.45, 7) is 0.764. The van der Waals surface area contributed by atoms with Crippen molar-refractivity contribution in [2.24, 2.45) is 14.1 Å². The number of hydrogen-bond donors (Lipinski definition) is 2. The third-order valence-corrected chi connectivity index (χ3v) is 4.22. The molecule has 0 aromatic carbocycles. The number of anilines is 1. The van der Waals surface area contributed by atoms with E-state index in [9.17, 15) is 9.59 Å². The predicted octanol–water partition coefficient (Wildman–Crippen LogP) is 1.07. The number of nitrogens with zero attached hydrogens (tertiary/aromatic N) is 6. The van der Waals surface area contributed by atoms with Crippen LogP contribution in [0.4, 0.5) is 5.69 Å². The molecule has 0 bridgehead atoms. The number of halogens is 1. The van der Waals surface area contributed by atoms with Crippen molar-refractivity contribution in [2.75, 3.05) is 5.32 Å². The van der Waals surface area contributed by atoms with E-state index >= 15 is 0 Å². The number of hydrogen-bond acceptors (Lipinski definition) is 5. The molecule has 2 N–H and O–H groups in total. The lowest BCUT2D eigenvalue weighted by molar-refractivity contribution is -0.116. The molecule has 3 heterocycles. The summed E-state index contributed by atoms with van der Waals surface area (Å²) in [6.07, 6.45) is 8.62. The van der Waals surface area contributed by atoms with Crippen molar-refractivity contribution in [1.82, 2.24) is 34.7 Å². The second kappa shape index (κ2) is 8.16. The maximum atomic E-state index is 12.5. The maximum absolute atomic E-state index is 12.5. The fourth-order valence-electron chi connectivity index (χ4n) is 2.52. The molecule has 10 nitrogen and oxygen atoms in total. The van der Waals surface area contributed by atoms with Crippen LogP contribution in [0.5, 0.6) is 0 Å². The lowest BCUT2D eigenvalue weighted by Crippen LogP contribution is -2.26. The van der Waals surface area contributed by atoms with E-state index in [0.29, 0.717) is 18.8 Å². The molecule has 0 aliphatic carbocycles. The Hall–Kier alpha value is -2.95. The average molecular weight is 435 g/mol. The van der Waals surface area contributed by atoms with E-state index in [2.05, 4.69) is 41.9 Å². The van der Waals surface area contributed by atoms with E-state index in [1.54, 1.807) is 35.0 Å². The van der Waals surface area contributed by atoms with Gasteiger partial charge >= 0.3 is 0 Å². The van der Waals surface area contributed by atoms with E-state index in [1.807, 2.05) is 13.2 Å². The van der Waals surface area contributed by atoms with Gasteiger partial charge in [0.15, 0.2) is 0 Å². The molecule has 27 heavy (non-hydrogen) atoms. The summed E-state index contributed by atoms with van der Waals surface area (Å²) in [7, 11) is 3.46. The lowest BCUT2D eigenvalue weighted by atomic mass is 10.3. The topological polar surface area (TPSA) is 112 Å². The van der Waals surface area contributed by atoms with Crippen molar-refractivity contribution in [3.8, 4) is 0 Å². The molecule has 3 aromatic heterocycles. The molecule has 0 saturated heterocycles. The first kappa shape index (κ1) is 18.8. The Bertz CT molecular complexity index is 957. The summed E-state index contributed by atoms with van der Waals surface area (Å²) >= 11 is 3.31. The highest BCUT2D eigenvalue weighted by Crippen LogP contribution is 2.15. The maximum Gasteiger partial charge on any atom is 0.271 e. The number of carbonyl (C=O) groups excluding carboxylic acids is 2. The Morgan fingerprint density at radius 1 is 1.11 bits per heavy atom. The minimum atomic E-state index is -0.329. The van der Waals surface area contributed by atoms with Crippen LogP contribution in [-0.4, -0.2) is 41.2 Å². The normalized spacial score (nSPS) is 10.8. The third kappa shape index (κ3) is 4.82. The Kier molecular flexibility index (Phi) is 5.69. The largest absolute Gasteiger partial charge is 0.346 e. The number of aryl methyl sites for hydroxylation is 3. The van der Waals surface area contributed by atoms with Crippen molar-refractivity contribution in [3.05, 3.63) is 46.7 Å². The molecule has 0 saturated carbocycles. The summed E-state index contributed by atoms with van der Waals surface area (Å²) in [5.74, 6) is -0.555. The molecule has 0 spiro atoms. The fraction of sp³-hybridized carbons (Fsp3) is 0.312. The molecule has 11 heteroatoms. The van der Waals surface area contributed by atoms with E-state index in [4.69, 9.17) is 0 Å². The second-order valence-electron chi connectivity index (χ2n) is 5.96. The first-order chi connectivity index (χ1) is 12.9. The summed E-state index contributed by atoms with van der Waals surface area (Å²) in [5.41, 5.74) is 1.53. The van der Waals surface area contributed by atoms with E-state index < -0.39 is 0 Å². The van der Waals surface area contributed by atoms with Gasteiger partial charge in [0.1, 0.15) is 5.69 Å². The molecule has 2 amide bonds. The van der Waals surface area contributed by atoms with Crippen LogP contribution >= 0.6 is 15.9 Å². The molecule has 3 rings (SSSR count). The lowest BCUT2D eigenvalue weighted by Gasteiger charge is -2.08. The van der Waals surface area contributed by atoms with Crippen LogP contribution in [0.15, 0.2) is 35.5 Å². The zero-order chi connectivity index (χ0) is 19.4. The number of carbonyl (C=O) groups is 2. The highest BCUT2D eigenvalue weighted by molar-refractivity contribution is 9.10. The monoisotopic (exact) mass is 434 g/mol. The van der Waals surface area contributed by atoms with Gasteiger partial charge in [-0.2, -0.15) is 15.3 Å². The van der Waals surface area contributed by atoms with Gasteiger partial charge < -0.3 is 10.6 Å². The van der Waals surface area contributed by atoms with Gasteiger partial charge in [0.2, 0.25) is 5.91 Å². The number of rotatable bonds is 7. The fourth-order valence-corrected chi connectivity index (χ4v) is 2.84. The van der Waals surface area contributed by atoms with Crippen LogP contribution in [0, 0.1) is 0 Å². The standard InChI is InChI=1S/C16H19BrN8O2/c1-23-9-11(6-19-23)5-18-16(27)15-13(8-20-24(15)2)22-14(26)3-4-25-10-12(17)7-21-25/h6-10H,3-5H2,1-2H3,(H,18,27)(H,22,26). The highest BCUT2D eigenvalue weighted by Gasteiger charge is 2.18. The van der Waals surface area contributed by atoms with Gasteiger partial charge in [0.05, 0.1) is 28.8 Å². The first-order valence-corrected chi connectivity index (χ1v) is 8.97. The van der Waals surface area contributed by atoms with Crippen LogP contribution in [0.1, 0.15) is 22.5 Å². The van der Waals surface area contributed by atoms with Gasteiger partial charge in [0, 0.05) is 51.6 Å². The molecule has 3 aromatic rings. The Labute approximate surface area is 163 Å². The summed E-state index contributed by atoms with van der Waals surface area (Å²) in [4.78, 5) is 24.7. The van der Waals surface area contributed by atoms with Crippen LogP contribution in [0.25, 0.3) is 0 Å². The minimum Gasteiger partial charge on any atom is -0.346 e. The molecule has 0 aliphatic heterocycles. The van der Waals surface area contributed by atoms with E-state index in [1.165, 1.54) is 10.9 Å². The van der Waals surface area contributed by atoms with Crippen LogP contribution in [0.3, 0.4) is 0 Å². The van der Waals surface area contributed by atoms with Crippen molar-refractivity contribution in [1.29, 1.82) is 0 Å². The second-order valence-corrected chi connectivity index (χ2v) is 6.87. The molecular weight excluding hydrogens is 416 g/mol. The van der Waals surface area contributed by atoms with E-state index in [-0.39, 0.29) is 23.9 Å². The van der Waals surface area contributed by atoms with Gasteiger partial charge in [-0.25, -0.2) is 0 Å². The Balaban J connectivity index is 1.59. The minimum absolute atomic E-state index is 0.222. The quantitative estimate of drug-likeness (QED) is 0.577. The molecule has 0 atom stereocenters. The van der Waals surface area contributed by atoms with Crippen molar-refractivity contribution in [2.45, 2.75) is 19.5 Å². The molecule has 0 fully saturated rings. The Morgan fingerprint density at radius 2 is 1.93 bits per heavy atom. The van der Waals surface area contributed by atoms with Crippen LogP contribution < -0.4 is 10.6 Å². The van der Waals surface area contributed by atoms with Gasteiger partial charge in [-0.15, -0.1) is 0 Å². The van der Waals surface area contributed by atoms with Crippen LogP contribution in [0.2, 0.25) is 0 Å². The summed E-state index contributed by atoms with van der Waals surface area (Å²) < 4.78 is 5.60. The van der Waals surface area contributed by atoms with Gasteiger partial charge in [-0.05, 0) is 15.9 Å². The van der Waals surface area contributed by atoms with Crippen LogP contribution in [-0.2, 0) is 32.0 Å². The average Bonchev–Trinajstić information content (AvgIpc) is 3.32. The molecule has 0 unspecified atom stereocenters. The molecule has 0 radical (unpaired) electrons. The Morgan fingerprint density at radius 3 is 2.59 bits per heavy atom. The molecular formula is C16H19BrN8O2. The highest BCUT2D eigenvalue weighted by atomic mass is 79.9. The zero-order valence-electron chi connectivity index (χ0n) is 14.9. The van der Waals surface area contributed by atoms with Gasteiger partial charge in [-0.3, -0.25) is 23.6 Å². The number of nitrogens with one attached hydrogen (secondary N) is 2. The van der Waals surface area contributed by atoms with E-state index in [0.717, 1.165) is 10.0 Å². The SMILES string of the molecule is Cn1cc(CNC(=O)c2c(NC(=O)CCn3cc(Br)cn3)cnn2C)cn1. The zero-order valence-corrected chi connectivity index (χ0v) is 16.5. The smallest absolute Gasteiger partial charge is 0.271 e. The van der Waals surface area contributed by atoms with Gasteiger partial charge in [-0.1, -0.05) is 0 Å². The molecule has 0 aliphatic rings. The third-order valence-electron chi connectivity index (χ3n) is 3.81. The van der Waals surface area contributed by atoms with Crippen molar-refractivity contribution >= 4 is 33.4 Å². The molecule has 142 valence electrons. The summed E-state index contributed by atoms with van der Waals surface area (Å²) in [5, 5.41) is 17.8. The van der Waals surface area contributed by atoms with Gasteiger partial charge in [0.25, 0.3) is 5.91 Å².